The molecule has 1 saturated carbocycles. The van der Waals surface area contributed by atoms with Crippen molar-refractivity contribution < 1.29 is 9.53 Å². The van der Waals surface area contributed by atoms with Crippen molar-refractivity contribution in [2.24, 2.45) is 5.92 Å². The molecule has 0 N–H and O–H groups in total. The van der Waals surface area contributed by atoms with Crippen molar-refractivity contribution in [1.82, 2.24) is 0 Å². The summed E-state index contributed by atoms with van der Waals surface area (Å²) in [6.45, 7) is 3.27. The van der Waals surface area contributed by atoms with Crippen LogP contribution in [0, 0.1) is 5.92 Å². The average Bonchev–Trinajstić information content (AvgIpc) is 2.70. The van der Waals surface area contributed by atoms with Gasteiger partial charge < -0.3 is 4.74 Å². The molecule has 1 aliphatic carbocycles. The Morgan fingerprint density at radius 2 is 2.09 bits per heavy atom. The third-order valence-corrected chi connectivity index (χ3v) is 1.11. The second kappa shape index (κ2) is 6.50. The van der Waals surface area contributed by atoms with E-state index in [4.69, 9.17) is 23.2 Å². The Balaban J connectivity index is 0.000000292. The Labute approximate surface area is 76.1 Å². The number of carbonyl (C=O) groups is 1. The number of ether oxygens (including phenoxy) is 1. The van der Waals surface area contributed by atoms with Crippen LogP contribution in [0.15, 0.2) is 12.8 Å². The summed E-state index contributed by atoms with van der Waals surface area (Å²) < 4.78 is 4.49. The molecule has 0 amide bonds. The fourth-order valence-corrected chi connectivity index (χ4v) is 0.497. The summed E-state index contributed by atoms with van der Waals surface area (Å²) in [4.78, 5) is 10.5. The molecule has 1 rings (SSSR count). The third-order valence-electron chi connectivity index (χ3n) is 1.11. The summed E-state index contributed by atoms with van der Waals surface area (Å²) in [5.41, 5.74) is 0. The van der Waals surface area contributed by atoms with Gasteiger partial charge in [-0.3, -0.25) is 4.79 Å². The number of hydrogen-bond acceptors (Lipinski definition) is 2. The van der Waals surface area contributed by atoms with Gasteiger partial charge in [0.2, 0.25) is 0 Å². The molecular formula is C7H10Cl2O2. The quantitative estimate of drug-likeness (QED) is 0.386. The van der Waals surface area contributed by atoms with Crippen LogP contribution in [0.25, 0.3) is 0 Å². The van der Waals surface area contributed by atoms with Crippen molar-refractivity contribution in [3.63, 3.8) is 0 Å². The molecule has 0 heterocycles. The molecule has 11 heavy (non-hydrogen) atoms. The first-order valence-corrected chi connectivity index (χ1v) is 4.26. The van der Waals surface area contributed by atoms with Gasteiger partial charge in [-0.05, 0) is 12.8 Å². The summed E-state index contributed by atoms with van der Waals surface area (Å²) in [6.07, 6.45) is 3.17. The van der Waals surface area contributed by atoms with Crippen molar-refractivity contribution in [3.8, 4) is 0 Å². The van der Waals surface area contributed by atoms with Crippen LogP contribution < -0.4 is 0 Å². The van der Waals surface area contributed by atoms with Crippen molar-refractivity contribution in [2.75, 3.05) is 5.34 Å². The average molecular weight is 197 g/mol. The Kier molecular flexibility index (Phi) is 6.37. The lowest BCUT2D eigenvalue weighted by atomic mass is 10.4. The summed E-state index contributed by atoms with van der Waals surface area (Å²) in [5.74, 6) is 0.0630. The van der Waals surface area contributed by atoms with Crippen LogP contribution in [0.2, 0.25) is 0 Å². The molecule has 0 radical (unpaired) electrons. The fourth-order valence-electron chi connectivity index (χ4n) is 0.497. The molecule has 1 aliphatic rings. The number of esters is 1. The molecule has 0 aliphatic heterocycles. The standard InChI is InChI=1S/C6H8O2.CH2Cl2/c1-2-8-6(7)5-3-4-5;2-1-3/h2,5H,1,3-4H2;1H2. The number of rotatable bonds is 2. The van der Waals surface area contributed by atoms with Gasteiger partial charge in [0.25, 0.3) is 0 Å². The Hall–Kier alpha value is -0.210. The smallest absolute Gasteiger partial charge is 0.313 e. The van der Waals surface area contributed by atoms with E-state index in [0.717, 1.165) is 12.8 Å². The number of hydrogen-bond donors (Lipinski definition) is 0. The van der Waals surface area contributed by atoms with Crippen LogP contribution in [0.4, 0.5) is 0 Å². The summed E-state index contributed by atoms with van der Waals surface area (Å²) >= 11 is 9.53. The van der Waals surface area contributed by atoms with Crippen molar-refractivity contribution in [3.05, 3.63) is 12.8 Å². The van der Waals surface area contributed by atoms with Crippen LogP contribution in [-0.2, 0) is 9.53 Å². The van der Waals surface area contributed by atoms with Gasteiger partial charge in [0, 0.05) is 0 Å². The van der Waals surface area contributed by atoms with Crippen molar-refractivity contribution in [2.45, 2.75) is 12.8 Å². The maximum Gasteiger partial charge on any atom is 0.313 e. The molecule has 4 heteroatoms. The van der Waals surface area contributed by atoms with Gasteiger partial charge in [-0.2, -0.15) is 0 Å². The topological polar surface area (TPSA) is 26.3 Å². The Morgan fingerprint density at radius 1 is 1.64 bits per heavy atom. The summed E-state index contributed by atoms with van der Waals surface area (Å²) in [6, 6.07) is 0. The molecule has 0 bridgehead atoms. The van der Waals surface area contributed by atoms with E-state index in [2.05, 4.69) is 11.3 Å². The molecule has 0 spiro atoms. The molecule has 2 nitrogen and oxygen atoms in total. The van der Waals surface area contributed by atoms with Crippen LogP contribution in [-0.4, -0.2) is 11.3 Å². The minimum atomic E-state index is -0.125. The summed E-state index contributed by atoms with van der Waals surface area (Å²) in [5, 5.41) is 0.194. The van der Waals surface area contributed by atoms with E-state index < -0.39 is 0 Å². The highest BCUT2D eigenvalue weighted by atomic mass is 35.5. The monoisotopic (exact) mass is 196 g/mol. The zero-order valence-corrected chi connectivity index (χ0v) is 7.57. The highest BCUT2D eigenvalue weighted by Crippen LogP contribution is 2.29. The van der Waals surface area contributed by atoms with Gasteiger partial charge in [-0.25, -0.2) is 0 Å². The second-order valence-corrected chi connectivity index (χ2v) is 2.79. The lowest BCUT2D eigenvalue weighted by Gasteiger charge is -1.90. The predicted molar refractivity (Wildman–Crippen MR) is 45.6 cm³/mol. The third kappa shape index (κ3) is 6.20. The van der Waals surface area contributed by atoms with Gasteiger partial charge in [0.1, 0.15) is 0 Å². The van der Waals surface area contributed by atoms with Crippen molar-refractivity contribution in [1.29, 1.82) is 0 Å². The van der Waals surface area contributed by atoms with Gasteiger partial charge in [-0.15, -0.1) is 23.2 Å². The number of alkyl halides is 2. The maximum absolute atomic E-state index is 10.5. The number of halogens is 2. The first kappa shape index (κ1) is 10.8. The van der Waals surface area contributed by atoms with Gasteiger partial charge >= 0.3 is 5.97 Å². The van der Waals surface area contributed by atoms with Crippen molar-refractivity contribution >= 4 is 29.2 Å². The minimum absolute atomic E-state index is 0.125. The normalized spacial score (nSPS) is 14.4. The van der Waals surface area contributed by atoms with E-state index in [9.17, 15) is 4.79 Å². The van der Waals surface area contributed by atoms with Crippen LogP contribution in [0.3, 0.4) is 0 Å². The highest BCUT2D eigenvalue weighted by Gasteiger charge is 2.30. The van der Waals surface area contributed by atoms with Gasteiger partial charge in [0.15, 0.2) is 0 Å². The highest BCUT2D eigenvalue weighted by molar-refractivity contribution is 6.40. The first-order chi connectivity index (χ1) is 5.26. The molecule has 0 aromatic carbocycles. The SMILES string of the molecule is C=COC(=O)C1CC1.ClCCl. The Morgan fingerprint density at radius 3 is 2.36 bits per heavy atom. The molecule has 0 saturated heterocycles. The van der Waals surface area contributed by atoms with E-state index in [1.54, 1.807) is 0 Å². The number of carbonyl (C=O) groups excluding carboxylic acids is 1. The van der Waals surface area contributed by atoms with E-state index in [-0.39, 0.29) is 17.2 Å². The second-order valence-electron chi connectivity index (χ2n) is 1.98. The van der Waals surface area contributed by atoms with Crippen LogP contribution in [0.5, 0.6) is 0 Å². The molecule has 1 fully saturated rings. The van der Waals surface area contributed by atoms with E-state index >= 15 is 0 Å². The molecular weight excluding hydrogens is 187 g/mol. The molecule has 64 valence electrons. The lowest BCUT2D eigenvalue weighted by Crippen LogP contribution is -2.00. The first-order valence-electron chi connectivity index (χ1n) is 3.19. The largest absolute Gasteiger partial charge is 0.435 e. The zero-order chi connectivity index (χ0) is 8.69. The Bertz CT molecular complexity index is 132. The summed E-state index contributed by atoms with van der Waals surface area (Å²) in [7, 11) is 0. The maximum atomic E-state index is 10.5. The minimum Gasteiger partial charge on any atom is -0.435 e. The fraction of sp³-hybridized carbons (Fsp3) is 0.571. The van der Waals surface area contributed by atoms with Crippen LogP contribution in [0.1, 0.15) is 12.8 Å². The zero-order valence-electron chi connectivity index (χ0n) is 6.06. The molecule has 0 aromatic rings. The molecule has 0 atom stereocenters. The van der Waals surface area contributed by atoms with E-state index in [1.807, 2.05) is 0 Å². The lowest BCUT2D eigenvalue weighted by molar-refractivity contribution is -0.139. The van der Waals surface area contributed by atoms with Gasteiger partial charge in [-0.1, -0.05) is 6.58 Å². The van der Waals surface area contributed by atoms with E-state index in [1.165, 1.54) is 6.26 Å². The van der Waals surface area contributed by atoms with Gasteiger partial charge in [0.05, 0.1) is 17.5 Å². The predicted octanol–water partition coefficient (Wildman–Crippen LogP) is 2.50. The molecule has 0 unspecified atom stereocenters. The van der Waals surface area contributed by atoms with E-state index in [0.29, 0.717) is 0 Å². The van der Waals surface area contributed by atoms with Crippen LogP contribution >= 0.6 is 23.2 Å². The molecule has 0 aromatic heterocycles.